The van der Waals surface area contributed by atoms with Gasteiger partial charge in [-0.2, -0.15) is 5.10 Å². The first-order valence-corrected chi connectivity index (χ1v) is 6.49. The van der Waals surface area contributed by atoms with E-state index in [9.17, 15) is 0 Å². The second-order valence-corrected chi connectivity index (χ2v) is 5.31. The second kappa shape index (κ2) is 4.24. The van der Waals surface area contributed by atoms with Crippen molar-refractivity contribution in [3.05, 3.63) is 24.2 Å². The minimum absolute atomic E-state index is 0.452. The quantitative estimate of drug-likeness (QED) is 0.871. The van der Waals surface area contributed by atoms with Gasteiger partial charge >= 0.3 is 0 Å². The third-order valence-electron chi connectivity index (χ3n) is 3.69. The molecule has 96 valence electrons. The molecular weight excluding hydrogens is 226 g/mol. The van der Waals surface area contributed by atoms with Crippen LogP contribution in [0, 0.1) is 0 Å². The van der Waals surface area contributed by atoms with E-state index in [1.54, 1.807) is 0 Å². The van der Waals surface area contributed by atoms with Gasteiger partial charge in [0.25, 0.3) is 0 Å². The standard InChI is InChI=1S/C13H19N5/c1-9(2)17-5-3-10(8-17)13-15-12-7-11(14)4-6-18(12)16-13/h4,6-7,9-10H,3,5,8,14H2,1-2H3. The van der Waals surface area contributed by atoms with Crippen molar-refractivity contribution in [3.63, 3.8) is 0 Å². The molecule has 1 atom stereocenters. The number of anilines is 1. The van der Waals surface area contributed by atoms with Crippen LogP contribution in [0.3, 0.4) is 0 Å². The second-order valence-electron chi connectivity index (χ2n) is 5.31. The van der Waals surface area contributed by atoms with E-state index in [1.807, 2.05) is 22.8 Å². The monoisotopic (exact) mass is 245 g/mol. The Morgan fingerprint density at radius 3 is 3.00 bits per heavy atom. The molecule has 1 fully saturated rings. The van der Waals surface area contributed by atoms with Crippen LogP contribution in [0.4, 0.5) is 5.69 Å². The number of likely N-dealkylation sites (tertiary alicyclic amines) is 1. The average Bonchev–Trinajstić information content (AvgIpc) is 2.93. The van der Waals surface area contributed by atoms with Crippen molar-refractivity contribution in [1.82, 2.24) is 19.5 Å². The van der Waals surface area contributed by atoms with Crippen LogP contribution < -0.4 is 5.73 Å². The molecule has 0 amide bonds. The molecule has 5 heteroatoms. The first kappa shape index (κ1) is 11.5. The number of pyridine rings is 1. The first-order valence-electron chi connectivity index (χ1n) is 6.49. The number of nitrogens with two attached hydrogens (primary N) is 1. The summed E-state index contributed by atoms with van der Waals surface area (Å²) in [4.78, 5) is 7.07. The van der Waals surface area contributed by atoms with E-state index in [1.165, 1.54) is 0 Å². The van der Waals surface area contributed by atoms with E-state index in [0.29, 0.717) is 12.0 Å². The summed E-state index contributed by atoms with van der Waals surface area (Å²) < 4.78 is 1.81. The maximum absolute atomic E-state index is 5.76. The number of hydrogen-bond acceptors (Lipinski definition) is 4. The molecule has 0 aliphatic carbocycles. The fraction of sp³-hybridized carbons (Fsp3) is 0.538. The lowest BCUT2D eigenvalue weighted by Crippen LogP contribution is -2.28. The minimum atomic E-state index is 0.452. The van der Waals surface area contributed by atoms with Crippen LogP contribution in [0.2, 0.25) is 0 Å². The Morgan fingerprint density at radius 2 is 2.28 bits per heavy atom. The Balaban J connectivity index is 1.87. The molecular formula is C13H19N5. The van der Waals surface area contributed by atoms with E-state index < -0.39 is 0 Å². The van der Waals surface area contributed by atoms with Gasteiger partial charge in [0.15, 0.2) is 11.5 Å². The summed E-state index contributed by atoms with van der Waals surface area (Å²) in [7, 11) is 0. The van der Waals surface area contributed by atoms with Crippen LogP contribution in [0.25, 0.3) is 5.65 Å². The normalized spacial score (nSPS) is 21.2. The zero-order valence-electron chi connectivity index (χ0n) is 10.9. The molecule has 1 aliphatic heterocycles. The largest absolute Gasteiger partial charge is 0.399 e. The summed E-state index contributed by atoms with van der Waals surface area (Å²) in [5.41, 5.74) is 7.33. The van der Waals surface area contributed by atoms with Crippen molar-refractivity contribution in [2.75, 3.05) is 18.8 Å². The van der Waals surface area contributed by atoms with Crippen LogP contribution in [-0.2, 0) is 0 Å². The molecule has 1 saturated heterocycles. The van der Waals surface area contributed by atoms with Gasteiger partial charge in [0.05, 0.1) is 0 Å². The third-order valence-corrected chi connectivity index (χ3v) is 3.69. The Labute approximate surface area is 107 Å². The summed E-state index contributed by atoms with van der Waals surface area (Å²) in [5, 5.41) is 4.55. The lowest BCUT2D eigenvalue weighted by atomic mass is 10.1. The van der Waals surface area contributed by atoms with Crippen LogP contribution in [-0.4, -0.2) is 38.6 Å². The van der Waals surface area contributed by atoms with Gasteiger partial charge < -0.3 is 10.6 Å². The lowest BCUT2D eigenvalue weighted by molar-refractivity contribution is 0.272. The van der Waals surface area contributed by atoms with E-state index >= 15 is 0 Å². The summed E-state index contributed by atoms with van der Waals surface area (Å²) in [6.07, 6.45) is 3.01. The van der Waals surface area contributed by atoms with Crippen LogP contribution in [0.15, 0.2) is 18.3 Å². The Hall–Kier alpha value is -1.62. The molecule has 2 N–H and O–H groups in total. The smallest absolute Gasteiger partial charge is 0.157 e. The molecule has 0 aromatic carbocycles. The molecule has 18 heavy (non-hydrogen) atoms. The number of hydrogen-bond donors (Lipinski definition) is 1. The summed E-state index contributed by atoms with van der Waals surface area (Å²) in [5.74, 6) is 1.40. The number of aromatic nitrogens is 3. The molecule has 1 unspecified atom stereocenters. The summed E-state index contributed by atoms with van der Waals surface area (Å²) in [6.45, 7) is 6.67. The fourth-order valence-electron chi connectivity index (χ4n) is 2.55. The fourth-order valence-corrected chi connectivity index (χ4v) is 2.55. The number of nitrogens with zero attached hydrogens (tertiary/aromatic N) is 4. The molecule has 2 aromatic heterocycles. The molecule has 0 radical (unpaired) electrons. The van der Waals surface area contributed by atoms with Gasteiger partial charge in [-0.25, -0.2) is 9.50 Å². The molecule has 0 bridgehead atoms. The Bertz CT molecular complexity index is 560. The highest BCUT2D eigenvalue weighted by atomic mass is 15.3. The predicted molar refractivity (Wildman–Crippen MR) is 71.5 cm³/mol. The molecule has 0 spiro atoms. The maximum Gasteiger partial charge on any atom is 0.157 e. The number of rotatable bonds is 2. The SMILES string of the molecule is CC(C)N1CCC(c2nc3cc(N)ccn3n2)C1. The van der Waals surface area contributed by atoms with Gasteiger partial charge in [0.1, 0.15) is 0 Å². The van der Waals surface area contributed by atoms with Crippen molar-refractivity contribution in [1.29, 1.82) is 0 Å². The van der Waals surface area contributed by atoms with Crippen molar-refractivity contribution in [2.45, 2.75) is 32.2 Å². The van der Waals surface area contributed by atoms with Crippen molar-refractivity contribution >= 4 is 11.3 Å². The van der Waals surface area contributed by atoms with Crippen LogP contribution in [0.5, 0.6) is 0 Å². The van der Waals surface area contributed by atoms with E-state index in [-0.39, 0.29) is 0 Å². The van der Waals surface area contributed by atoms with Gasteiger partial charge in [-0.05, 0) is 32.9 Å². The molecule has 5 nitrogen and oxygen atoms in total. The van der Waals surface area contributed by atoms with E-state index in [0.717, 1.165) is 36.7 Å². The molecule has 1 aliphatic rings. The Kier molecular flexibility index (Phi) is 2.70. The Morgan fingerprint density at radius 1 is 1.44 bits per heavy atom. The molecule has 2 aromatic rings. The van der Waals surface area contributed by atoms with Crippen LogP contribution in [0.1, 0.15) is 32.0 Å². The van der Waals surface area contributed by atoms with Gasteiger partial charge in [-0.15, -0.1) is 0 Å². The highest BCUT2D eigenvalue weighted by Crippen LogP contribution is 2.26. The first-order chi connectivity index (χ1) is 8.63. The van der Waals surface area contributed by atoms with E-state index in [4.69, 9.17) is 5.73 Å². The van der Waals surface area contributed by atoms with Gasteiger partial charge in [0, 0.05) is 36.5 Å². The van der Waals surface area contributed by atoms with E-state index in [2.05, 4.69) is 28.8 Å². The van der Waals surface area contributed by atoms with Gasteiger partial charge in [-0.3, -0.25) is 0 Å². The zero-order chi connectivity index (χ0) is 12.7. The highest BCUT2D eigenvalue weighted by molar-refractivity contribution is 5.50. The third kappa shape index (κ3) is 1.95. The van der Waals surface area contributed by atoms with Crippen molar-refractivity contribution in [3.8, 4) is 0 Å². The van der Waals surface area contributed by atoms with Gasteiger partial charge in [-0.1, -0.05) is 0 Å². The molecule has 3 rings (SSSR count). The highest BCUT2D eigenvalue weighted by Gasteiger charge is 2.28. The van der Waals surface area contributed by atoms with Gasteiger partial charge in [0.2, 0.25) is 0 Å². The van der Waals surface area contributed by atoms with Crippen molar-refractivity contribution < 1.29 is 0 Å². The van der Waals surface area contributed by atoms with Crippen LogP contribution >= 0.6 is 0 Å². The lowest BCUT2D eigenvalue weighted by Gasteiger charge is -2.19. The number of fused-ring (bicyclic) bond motifs is 1. The minimum Gasteiger partial charge on any atom is -0.399 e. The maximum atomic E-state index is 5.76. The predicted octanol–water partition coefficient (Wildman–Crippen LogP) is 1.51. The topological polar surface area (TPSA) is 59.5 Å². The summed E-state index contributed by atoms with van der Waals surface area (Å²) >= 11 is 0. The molecule has 3 heterocycles. The van der Waals surface area contributed by atoms with Crippen molar-refractivity contribution in [2.24, 2.45) is 0 Å². The average molecular weight is 245 g/mol. The molecule has 0 saturated carbocycles. The summed E-state index contributed by atoms with van der Waals surface area (Å²) in [6, 6.07) is 4.31. The zero-order valence-corrected chi connectivity index (χ0v) is 10.9. The number of nitrogen functional groups attached to an aromatic ring is 1.